The summed E-state index contributed by atoms with van der Waals surface area (Å²) in [6, 6.07) is 7.05. The Labute approximate surface area is 115 Å². The fraction of sp³-hybridized carbons (Fsp3) is 0.625. The number of nitrogens with one attached hydrogen (secondary N) is 1. The summed E-state index contributed by atoms with van der Waals surface area (Å²) in [4.78, 5) is 0. The van der Waals surface area contributed by atoms with Crippen LogP contribution in [0.1, 0.15) is 38.7 Å². The Balaban J connectivity index is 1.98. The lowest BCUT2D eigenvalue weighted by Crippen LogP contribution is -2.44. The molecule has 0 aromatic heterocycles. The second kappa shape index (κ2) is 6.49. The van der Waals surface area contributed by atoms with Crippen LogP contribution in [0.2, 0.25) is 0 Å². The van der Waals surface area contributed by atoms with Crippen LogP contribution in [0.3, 0.4) is 0 Å². The standard InChI is InChI=1S/C16H25FN2/c1-11-3-6-14(9-12(11)2)16(19-18)10-13-4-7-15(17)8-5-13/h4-5,7-8,11-12,14,16,19H,3,6,9-10,18H2,1-2H3. The van der Waals surface area contributed by atoms with E-state index in [1.807, 2.05) is 12.1 Å². The molecule has 2 rings (SSSR count). The van der Waals surface area contributed by atoms with E-state index in [1.54, 1.807) is 0 Å². The molecule has 3 heteroatoms. The van der Waals surface area contributed by atoms with Gasteiger partial charge in [0, 0.05) is 6.04 Å². The van der Waals surface area contributed by atoms with Crippen LogP contribution in [0.5, 0.6) is 0 Å². The highest BCUT2D eigenvalue weighted by atomic mass is 19.1. The molecule has 1 fully saturated rings. The lowest BCUT2D eigenvalue weighted by Gasteiger charge is -2.36. The third-order valence-electron chi connectivity index (χ3n) is 4.79. The number of hydrogen-bond acceptors (Lipinski definition) is 2. The van der Waals surface area contributed by atoms with Gasteiger partial charge in [-0.2, -0.15) is 0 Å². The molecule has 0 bridgehead atoms. The smallest absolute Gasteiger partial charge is 0.123 e. The van der Waals surface area contributed by atoms with E-state index in [0.29, 0.717) is 12.0 Å². The molecule has 4 unspecified atom stereocenters. The molecule has 1 aromatic rings. The molecule has 0 aliphatic heterocycles. The molecule has 1 aromatic carbocycles. The van der Waals surface area contributed by atoms with Gasteiger partial charge in [0.2, 0.25) is 0 Å². The van der Waals surface area contributed by atoms with Crippen LogP contribution in [0.15, 0.2) is 24.3 Å². The molecule has 0 spiro atoms. The van der Waals surface area contributed by atoms with E-state index in [-0.39, 0.29) is 5.82 Å². The minimum atomic E-state index is -0.180. The molecule has 4 atom stereocenters. The van der Waals surface area contributed by atoms with Crippen LogP contribution in [-0.4, -0.2) is 6.04 Å². The zero-order chi connectivity index (χ0) is 13.8. The van der Waals surface area contributed by atoms with Crippen LogP contribution >= 0.6 is 0 Å². The summed E-state index contributed by atoms with van der Waals surface area (Å²) in [6.45, 7) is 4.67. The Morgan fingerprint density at radius 3 is 2.47 bits per heavy atom. The molecule has 0 amide bonds. The van der Waals surface area contributed by atoms with Gasteiger partial charge in [0.15, 0.2) is 0 Å². The normalized spacial score (nSPS) is 29.2. The third-order valence-corrected chi connectivity index (χ3v) is 4.79. The van der Waals surface area contributed by atoms with E-state index in [9.17, 15) is 4.39 Å². The maximum absolute atomic E-state index is 12.9. The third kappa shape index (κ3) is 3.77. The van der Waals surface area contributed by atoms with Gasteiger partial charge in [-0.05, 0) is 54.7 Å². The van der Waals surface area contributed by atoms with Crippen LogP contribution in [0.4, 0.5) is 4.39 Å². The number of halogens is 1. The molecule has 3 N–H and O–H groups in total. The summed E-state index contributed by atoms with van der Waals surface area (Å²) in [6.07, 6.45) is 4.63. The summed E-state index contributed by atoms with van der Waals surface area (Å²) >= 11 is 0. The summed E-state index contributed by atoms with van der Waals surface area (Å²) in [5, 5.41) is 0. The molecule has 19 heavy (non-hydrogen) atoms. The first-order valence-electron chi connectivity index (χ1n) is 7.30. The molecule has 106 valence electrons. The van der Waals surface area contributed by atoms with Gasteiger partial charge in [-0.15, -0.1) is 0 Å². The highest BCUT2D eigenvalue weighted by molar-refractivity contribution is 5.17. The molecule has 0 saturated heterocycles. The second-order valence-corrected chi connectivity index (χ2v) is 6.13. The van der Waals surface area contributed by atoms with Crippen molar-refractivity contribution in [3.05, 3.63) is 35.6 Å². The predicted octanol–water partition coefficient (Wildman–Crippen LogP) is 3.27. The van der Waals surface area contributed by atoms with Crippen molar-refractivity contribution in [3.63, 3.8) is 0 Å². The van der Waals surface area contributed by atoms with Crippen LogP contribution < -0.4 is 11.3 Å². The Morgan fingerprint density at radius 1 is 1.21 bits per heavy atom. The van der Waals surface area contributed by atoms with Crippen LogP contribution in [-0.2, 0) is 6.42 Å². The van der Waals surface area contributed by atoms with Gasteiger partial charge in [0.05, 0.1) is 0 Å². The molecule has 1 aliphatic rings. The summed E-state index contributed by atoms with van der Waals surface area (Å²) in [5.41, 5.74) is 4.13. The predicted molar refractivity (Wildman–Crippen MR) is 76.9 cm³/mol. The lowest BCUT2D eigenvalue weighted by molar-refractivity contribution is 0.170. The van der Waals surface area contributed by atoms with Crippen LogP contribution in [0.25, 0.3) is 0 Å². The first-order chi connectivity index (χ1) is 9.10. The highest BCUT2D eigenvalue weighted by Gasteiger charge is 2.29. The Kier molecular flexibility index (Phi) is 4.94. The molecular weight excluding hydrogens is 239 g/mol. The zero-order valence-electron chi connectivity index (χ0n) is 11.9. The fourth-order valence-electron chi connectivity index (χ4n) is 3.19. The number of nitrogens with two attached hydrogens (primary N) is 1. The van der Waals surface area contributed by atoms with Crippen molar-refractivity contribution in [3.8, 4) is 0 Å². The average molecular weight is 264 g/mol. The number of rotatable bonds is 4. The first kappa shape index (κ1) is 14.5. The van der Waals surface area contributed by atoms with Crippen molar-refractivity contribution in [1.29, 1.82) is 0 Å². The fourth-order valence-corrected chi connectivity index (χ4v) is 3.19. The van der Waals surface area contributed by atoms with E-state index >= 15 is 0 Å². The van der Waals surface area contributed by atoms with E-state index in [1.165, 1.54) is 31.4 Å². The van der Waals surface area contributed by atoms with E-state index in [2.05, 4.69) is 19.3 Å². The van der Waals surface area contributed by atoms with Gasteiger partial charge in [0.1, 0.15) is 5.82 Å². The van der Waals surface area contributed by atoms with Gasteiger partial charge >= 0.3 is 0 Å². The monoisotopic (exact) mass is 264 g/mol. The van der Waals surface area contributed by atoms with Crippen molar-refractivity contribution in [2.75, 3.05) is 0 Å². The van der Waals surface area contributed by atoms with Crippen molar-refractivity contribution in [1.82, 2.24) is 5.43 Å². The van der Waals surface area contributed by atoms with Crippen molar-refractivity contribution >= 4 is 0 Å². The van der Waals surface area contributed by atoms with Crippen molar-refractivity contribution in [2.45, 2.75) is 45.6 Å². The topological polar surface area (TPSA) is 38.0 Å². The highest BCUT2D eigenvalue weighted by Crippen LogP contribution is 2.35. The minimum Gasteiger partial charge on any atom is -0.271 e. The molecule has 1 aliphatic carbocycles. The molecule has 0 heterocycles. The van der Waals surface area contributed by atoms with Gasteiger partial charge < -0.3 is 0 Å². The summed E-state index contributed by atoms with van der Waals surface area (Å²) in [5.74, 6) is 7.77. The number of hydrazine groups is 1. The van der Waals surface area contributed by atoms with Crippen LogP contribution in [0, 0.1) is 23.6 Å². The van der Waals surface area contributed by atoms with E-state index in [4.69, 9.17) is 5.84 Å². The molecule has 2 nitrogen and oxygen atoms in total. The lowest BCUT2D eigenvalue weighted by atomic mass is 9.72. The summed E-state index contributed by atoms with van der Waals surface area (Å²) < 4.78 is 12.9. The zero-order valence-corrected chi connectivity index (χ0v) is 11.9. The maximum Gasteiger partial charge on any atom is 0.123 e. The molecule has 0 radical (unpaired) electrons. The van der Waals surface area contributed by atoms with Crippen molar-refractivity contribution < 1.29 is 4.39 Å². The second-order valence-electron chi connectivity index (χ2n) is 6.13. The SMILES string of the molecule is CC1CCC(C(Cc2ccc(F)cc2)NN)CC1C. The van der Waals surface area contributed by atoms with E-state index < -0.39 is 0 Å². The average Bonchev–Trinajstić information content (AvgIpc) is 2.41. The molecular formula is C16H25FN2. The quantitative estimate of drug-likeness (QED) is 0.647. The summed E-state index contributed by atoms with van der Waals surface area (Å²) in [7, 11) is 0. The number of benzene rings is 1. The first-order valence-corrected chi connectivity index (χ1v) is 7.30. The molecule has 1 saturated carbocycles. The Morgan fingerprint density at radius 2 is 1.89 bits per heavy atom. The number of hydrogen-bond donors (Lipinski definition) is 2. The van der Waals surface area contributed by atoms with Gasteiger partial charge in [-0.1, -0.05) is 32.4 Å². The minimum absolute atomic E-state index is 0.180. The van der Waals surface area contributed by atoms with Gasteiger partial charge in [-0.25, -0.2) is 4.39 Å². The Hall–Kier alpha value is -0.930. The van der Waals surface area contributed by atoms with Gasteiger partial charge in [0.25, 0.3) is 0 Å². The maximum atomic E-state index is 12.9. The largest absolute Gasteiger partial charge is 0.271 e. The van der Waals surface area contributed by atoms with Crippen molar-refractivity contribution in [2.24, 2.45) is 23.6 Å². The van der Waals surface area contributed by atoms with E-state index in [0.717, 1.165) is 23.8 Å². The van der Waals surface area contributed by atoms with Gasteiger partial charge in [-0.3, -0.25) is 11.3 Å². The Bertz CT molecular complexity index is 390.